The van der Waals surface area contributed by atoms with Crippen LogP contribution in [-0.4, -0.2) is 82.6 Å². The number of benzene rings is 1. The zero-order valence-electron chi connectivity index (χ0n) is 25.3. The molecule has 1 saturated heterocycles. The van der Waals surface area contributed by atoms with Crippen molar-refractivity contribution in [3.63, 3.8) is 0 Å². The molecular weight excluding hydrogens is 512 g/mol. The second kappa shape index (κ2) is 15.9. The van der Waals surface area contributed by atoms with Gasteiger partial charge in [0.1, 0.15) is 0 Å². The van der Waals surface area contributed by atoms with Gasteiger partial charge >= 0.3 is 0 Å². The van der Waals surface area contributed by atoms with E-state index in [1.165, 1.54) is 0 Å². The van der Waals surface area contributed by atoms with Crippen molar-refractivity contribution < 1.29 is 33.6 Å². The molecular formula is C31H52N2O7. The van der Waals surface area contributed by atoms with Crippen molar-refractivity contribution in [2.45, 2.75) is 77.7 Å². The van der Waals surface area contributed by atoms with Gasteiger partial charge in [0.25, 0.3) is 0 Å². The lowest BCUT2D eigenvalue weighted by Crippen LogP contribution is -2.43. The molecule has 1 amide bonds. The predicted molar refractivity (Wildman–Crippen MR) is 155 cm³/mol. The number of carbonyl (C=O) groups excluding carboxylic acids is 1. The van der Waals surface area contributed by atoms with Gasteiger partial charge in [-0.3, -0.25) is 4.79 Å². The van der Waals surface area contributed by atoms with Crippen molar-refractivity contribution in [1.82, 2.24) is 5.32 Å². The second-order valence-electron chi connectivity index (χ2n) is 12.0. The summed E-state index contributed by atoms with van der Waals surface area (Å²) in [5, 5.41) is 14.2. The average molecular weight is 565 g/mol. The summed E-state index contributed by atoms with van der Waals surface area (Å²) in [5.74, 6) is 1.98. The van der Waals surface area contributed by atoms with Crippen molar-refractivity contribution in [2.24, 2.45) is 35.3 Å². The van der Waals surface area contributed by atoms with Crippen molar-refractivity contribution in [1.29, 1.82) is 0 Å². The quantitative estimate of drug-likeness (QED) is 0.233. The summed E-state index contributed by atoms with van der Waals surface area (Å²) in [6.07, 6.45) is 2.02. The van der Waals surface area contributed by atoms with Crippen molar-refractivity contribution in [2.75, 3.05) is 47.2 Å². The maximum absolute atomic E-state index is 13.1. The fraction of sp³-hybridized carbons (Fsp3) is 0.774. The SMILES string of the molecule is COCCCOc1cc(C[C@@H](C[C@H](N)[C@@H](O)C[C@H](C(=O)NC[C@@H]2[C@H]3OCCO[C@@H]23)C(C)C)C(C)C)ccc1OC. The topological polar surface area (TPSA) is 122 Å². The number of rotatable bonds is 18. The normalized spacial score (nSPS) is 23.3. The minimum atomic E-state index is -0.773. The van der Waals surface area contributed by atoms with Gasteiger partial charge in [-0.25, -0.2) is 0 Å². The van der Waals surface area contributed by atoms with E-state index in [0.717, 1.165) is 24.2 Å². The van der Waals surface area contributed by atoms with Gasteiger partial charge in [0, 0.05) is 44.6 Å². The summed E-state index contributed by atoms with van der Waals surface area (Å²) in [4.78, 5) is 13.1. The van der Waals surface area contributed by atoms with E-state index in [0.29, 0.717) is 57.5 Å². The third-order valence-corrected chi connectivity index (χ3v) is 8.37. The van der Waals surface area contributed by atoms with Crippen molar-refractivity contribution in [3.05, 3.63) is 23.8 Å². The van der Waals surface area contributed by atoms with Crippen LogP contribution in [0.25, 0.3) is 0 Å². The van der Waals surface area contributed by atoms with Crippen LogP contribution < -0.4 is 20.5 Å². The first kappa shape index (κ1) is 32.6. The Morgan fingerprint density at radius 2 is 1.75 bits per heavy atom. The lowest BCUT2D eigenvalue weighted by atomic mass is 9.81. The number of fused-ring (bicyclic) bond motifs is 1. The number of hydrogen-bond donors (Lipinski definition) is 3. The fourth-order valence-corrected chi connectivity index (χ4v) is 5.56. The Balaban J connectivity index is 1.54. The molecule has 1 heterocycles. The minimum Gasteiger partial charge on any atom is -0.493 e. The van der Waals surface area contributed by atoms with Crippen LogP contribution in [0.5, 0.6) is 11.5 Å². The maximum atomic E-state index is 13.1. The zero-order valence-corrected chi connectivity index (χ0v) is 25.3. The highest BCUT2D eigenvalue weighted by Gasteiger charge is 2.54. The van der Waals surface area contributed by atoms with E-state index >= 15 is 0 Å². The molecule has 0 spiro atoms. The molecule has 2 aliphatic rings. The number of ether oxygens (including phenoxy) is 5. The lowest BCUT2D eigenvalue weighted by Gasteiger charge is -2.30. The van der Waals surface area contributed by atoms with Gasteiger partial charge in [-0.2, -0.15) is 0 Å². The third-order valence-electron chi connectivity index (χ3n) is 8.37. The number of methoxy groups -OCH3 is 2. The van der Waals surface area contributed by atoms with Gasteiger partial charge in [0.05, 0.1) is 45.2 Å². The van der Waals surface area contributed by atoms with E-state index in [1.54, 1.807) is 14.2 Å². The van der Waals surface area contributed by atoms with Crippen LogP contribution >= 0.6 is 0 Å². The fourth-order valence-electron chi connectivity index (χ4n) is 5.56. The van der Waals surface area contributed by atoms with Crippen LogP contribution in [0.3, 0.4) is 0 Å². The number of aliphatic hydroxyl groups is 1. The summed E-state index contributed by atoms with van der Waals surface area (Å²) < 4.78 is 27.9. The molecule has 40 heavy (non-hydrogen) atoms. The van der Waals surface area contributed by atoms with Crippen LogP contribution in [0.4, 0.5) is 0 Å². The van der Waals surface area contributed by atoms with E-state index in [9.17, 15) is 9.90 Å². The summed E-state index contributed by atoms with van der Waals surface area (Å²) in [7, 11) is 3.32. The van der Waals surface area contributed by atoms with Crippen LogP contribution in [0.1, 0.15) is 52.5 Å². The molecule has 9 nitrogen and oxygen atoms in total. The molecule has 0 radical (unpaired) electrons. The van der Waals surface area contributed by atoms with Crippen LogP contribution in [0.15, 0.2) is 18.2 Å². The van der Waals surface area contributed by atoms with Crippen LogP contribution in [0.2, 0.25) is 0 Å². The Morgan fingerprint density at radius 1 is 1.05 bits per heavy atom. The monoisotopic (exact) mass is 564 g/mol. The molecule has 1 aromatic rings. The Labute approximate surface area is 240 Å². The number of nitrogens with one attached hydrogen (secondary N) is 1. The molecule has 3 rings (SSSR count). The van der Waals surface area contributed by atoms with Gasteiger partial charge in [-0.05, 0) is 54.7 Å². The van der Waals surface area contributed by atoms with Crippen molar-refractivity contribution in [3.8, 4) is 11.5 Å². The minimum absolute atomic E-state index is 0.0402. The summed E-state index contributed by atoms with van der Waals surface area (Å²) in [6.45, 7) is 11.4. The molecule has 228 valence electrons. The largest absolute Gasteiger partial charge is 0.493 e. The Kier molecular flexibility index (Phi) is 13.0. The highest BCUT2D eigenvalue weighted by atomic mass is 16.6. The van der Waals surface area contributed by atoms with Gasteiger partial charge in [0.15, 0.2) is 11.5 Å². The van der Waals surface area contributed by atoms with E-state index in [1.807, 2.05) is 26.0 Å². The standard InChI is InChI=1S/C31H52N2O7/c1-19(2)22(14-21-8-9-27(37-6)28(15-21)38-11-7-10-36-5)16-25(32)26(34)17-23(20(3)4)31(35)33-18-24-29-30(24)40-13-12-39-29/h8-9,15,19-20,22-26,29-30,34H,7,10-14,16-18,32H2,1-6H3,(H,33,35)/t22-,23-,24-,25-,26-,29-,30+/m0/s1. The average Bonchev–Trinajstić information content (AvgIpc) is 3.65. The first-order chi connectivity index (χ1) is 19.2. The second-order valence-corrected chi connectivity index (χ2v) is 12.0. The summed E-state index contributed by atoms with van der Waals surface area (Å²) >= 11 is 0. The van der Waals surface area contributed by atoms with Gasteiger partial charge < -0.3 is 39.8 Å². The first-order valence-corrected chi connectivity index (χ1v) is 14.9. The maximum Gasteiger partial charge on any atom is 0.223 e. The molecule has 1 saturated carbocycles. The molecule has 1 aromatic carbocycles. The molecule has 1 aliphatic heterocycles. The van der Waals surface area contributed by atoms with Crippen LogP contribution in [0, 0.1) is 29.6 Å². The van der Waals surface area contributed by atoms with E-state index in [4.69, 9.17) is 29.4 Å². The molecule has 9 heteroatoms. The Hall–Kier alpha value is -1.91. The third kappa shape index (κ3) is 9.31. The summed E-state index contributed by atoms with van der Waals surface area (Å²) in [5.41, 5.74) is 7.70. The predicted octanol–water partition coefficient (Wildman–Crippen LogP) is 3.20. The van der Waals surface area contributed by atoms with Crippen LogP contribution in [-0.2, 0) is 25.4 Å². The first-order valence-electron chi connectivity index (χ1n) is 14.9. The molecule has 7 atom stereocenters. The van der Waals surface area contributed by atoms with E-state index in [2.05, 4.69) is 25.2 Å². The molecule has 1 aliphatic carbocycles. The smallest absolute Gasteiger partial charge is 0.223 e. The van der Waals surface area contributed by atoms with E-state index < -0.39 is 12.1 Å². The number of aliphatic hydroxyl groups excluding tert-OH is 1. The summed E-state index contributed by atoms with van der Waals surface area (Å²) in [6, 6.07) is 5.60. The Morgan fingerprint density at radius 3 is 2.35 bits per heavy atom. The molecule has 0 unspecified atom stereocenters. The van der Waals surface area contributed by atoms with Crippen molar-refractivity contribution >= 4 is 5.91 Å². The molecule has 0 bridgehead atoms. The lowest BCUT2D eigenvalue weighted by molar-refractivity contribution is -0.127. The zero-order chi connectivity index (χ0) is 29.2. The van der Waals surface area contributed by atoms with E-state index in [-0.39, 0.29) is 41.8 Å². The van der Waals surface area contributed by atoms with Gasteiger partial charge in [-0.1, -0.05) is 33.8 Å². The highest BCUT2D eigenvalue weighted by Crippen LogP contribution is 2.39. The highest BCUT2D eigenvalue weighted by molar-refractivity contribution is 5.79. The molecule has 0 aromatic heterocycles. The number of hydrogen-bond acceptors (Lipinski definition) is 8. The number of carbonyl (C=O) groups is 1. The number of amides is 1. The number of nitrogens with two attached hydrogens (primary N) is 1. The van der Waals surface area contributed by atoms with Gasteiger partial charge in [0.2, 0.25) is 5.91 Å². The van der Waals surface area contributed by atoms with Gasteiger partial charge in [-0.15, -0.1) is 0 Å². The molecule has 2 fully saturated rings. The Bertz CT molecular complexity index is 900. The molecule has 4 N–H and O–H groups in total.